The highest BCUT2D eigenvalue weighted by molar-refractivity contribution is 6.32. The fraction of sp³-hybridized carbons (Fsp3) is 0.267. The van der Waals surface area contributed by atoms with Crippen LogP contribution in [-0.2, 0) is 21.3 Å². The number of halogens is 1. The molecule has 1 aromatic carbocycles. The molecule has 22 heavy (non-hydrogen) atoms. The van der Waals surface area contributed by atoms with Crippen molar-refractivity contribution in [2.45, 2.75) is 13.0 Å². The maximum absolute atomic E-state index is 12.3. The molecule has 0 amide bonds. The van der Waals surface area contributed by atoms with Crippen LogP contribution in [0.25, 0.3) is 0 Å². The number of benzene rings is 1. The zero-order valence-corrected chi connectivity index (χ0v) is 13.1. The number of ether oxygens (including phenoxy) is 2. The Morgan fingerprint density at radius 2 is 1.91 bits per heavy atom. The zero-order valence-electron chi connectivity index (χ0n) is 12.4. The Balaban J connectivity index is 2.31. The molecule has 1 unspecified atom stereocenters. The van der Waals surface area contributed by atoms with E-state index in [-0.39, 0.29) is 10.7 Å². The molecule has 0 saturated heterocycles. The number of carbonyl (C=O) groups excluding carboxylic acids is 2. The molecule has 0 N–H and O–H groups in total. The van der Waals surface area contributed by atoms with Crippen molar-refractivity contribution >= 4 is 23.5 Å². The molecule has 1 heterocycles. The highest BCUT2D eigenvalue weighted by Gasteiger charge is 2.29. The van der Waals surface area contributed by atoms with Crippen LogP contribution in [0.1, 0.15) is 27.7 Å². The Morgan fingerprint density at radius 3 is 2.41 bits per heavy atom. The van der Waals surface area contributed by atoms with Crippen molar-refractivity contribution in [1.29, 1.82) is 0 Å². The SMILES string of the molecule is COC(=O)C(OC(=O)c1c(C)nn(C)c1Cl)c1ccccc1. The lowest BCUT2D eigenvalue weighted by Crippen LogP contribution is -2.21. The fourth-order valence-corrected chi connectivity index (χ4v) is 2.27. The monoisotopic (exact) mass is 322 g/mol. The van der Waals surface area contributed by atoms with Crippen LogP contribution in [0.4, 0.5) is 0 Å². The second-order valence-electron chi connectivity index (χ2n) is 4.59. The van der Waals surface area contributed by atoms with Crippen molar-refractivity contribution < 1.29 is 19.1 Å². The van der Waals surface area contributed by atoms with E-state index in [4.69, 9.17) is 21.1 Å². The van der Waals surface area contributed by atoms with E-state index in [0.29, 0.717) is 11.3 Å². The van der Waals surface area contributed by atoms with Crippen LogP contribution < -0.4 is 0 Å². The molecule has 7 heteroatoms. The molecule has 6 nitrogen and oxygen atoms in total. The molecule has 1 atom stereocenters. The van der Waals surface area contributed by atoms with E-state index in [0.717, 1.165) is 0 Å². The number of esters is 2. The van der Waals surface area contributed by atoms with Crippen LogP contribution in [-0.4, -0.2) is 28.8 Å². The van der Waals surface area contributed by atoms with Gasteiger partial charge in [0.1, 0.15) is 10.7 Å². The summed E-state index contributed by atoms with van der Waals surface area (Å²) >= 11 is 6.04. The maximum atomic E-state index is 12.3. The Bertz CT molecular complexity index is 697. The van der Waals surface area contributed by atoms with Gasteiger partial charge in [-0.15, -0.1) is 0 Å². The van der Waals surface area contributed by atoms with Gasteiger partial charge in [0.05, 0.1) is 12.8 Å². The second kappa shape index (κ2) is 6.62. The topological polar surface area (TPSA) is 70.4 Å². The van der Waals surface area contributed by atoms with E-state index < -0.39 is 18.0 Å². The number of hydrogen-bond acceptors (Lipinski definition) is 5. The molecule has 116 valence electrons. The molecule has 0 saturated carbocycles. The minimum absolute atomic E-state index is 0.133. The van der Waals surface area contributed by atoms with Gasteiger partial charge in [-0.25, -0.2) is 9.59 Å². The van der Waals surface area contributed by atoms with E-state index in [1.54, 1.807) is 44.3 Å². The van der Waals surface area contributed by atoms with Crippen LogP contribution in [0.2, 0.25) is 5.15 Å². The van der Waals surface area contributed by atoms with E-state index in [2.05, 4.69) is 5.10 Å². The first-order chi connectivity index (χ1) is 10.5. The molecule has 0 fully saturated rings. The summed E-state index contributed by atoms with van der Waals surface area (Å²) in [7, 11) is 2.84. The average Bonchev–Trinajstić information content (AvgIpc) is 2.77. The molecular weight excluding hydrogens is 308 g/mol. The Labute approximate surface area is 132 Å². The number of carbonyl (C=O) groups is 2. The first-order valence-corrected chi connectivity index (χ1v) is 6.86. The molecule has 2 aromatic rings. The maximum Gasteiger partial charge on any atom is 0.351 e. The van der Waals surface area contributed by atoms with Gasteiger partial charge >= 0.3 is 11.9 Å². The van der Waals surface area contributed by atoms with Crippen molar-refractivity contribution in [3.05, 3.63) is 52.3 Å². The minimum atomic E-state index is -1.16. The lowest BCUT2D eigenvalue weighted by molar-refractivity contribution is -0.151. The molecule has 0 bridgehead atoms. The number of methoxy groups -OCH3 is 1. The van der Waals surface area contributed by atoms with E-state index in [9.17, 15) is 9.59 Å². The summed E-state index contributed by atoms with van der Waals surface area (Å²) in [5.74, 6) is -1.40. The second-order valence-corrected chi connectivity index (χ2v) is 4.95. The van der Waals surface area contributed by atoms with Gasteiger partial charge in [0.25, 0.3) is 0 Å². The van der Waals surface area contributed by atoms with Gasteiger partial charge in [-0.05, 0) is 6.92 Å². The summed E-state index contributed by atoms with van der Waals surface area (Å²) in [4.78, 5) is 24.2. The smallest absolute Gasteiger partial charge is 0.351 e. The standard InChI is InChI=1S/C15H15ClN2O4/c1-9-11(13(16)18(2)17-9)14(19)22-12(15(20)21-3)10-7-5-4-6-8-10/h4-8,12H,1-3H3. The lowest BCUT2D eigenvalue weighted by Gasteiger charge is -2.16. The third-order valence-electron chi connectivity index (χ3n) is 3.10. The Kier molecular flexibility index (Phi) is 4.82. The van der Waals surface area contributed by atoms with E-state index >= 15 is 0 Å². The molecule has 0 aliphatic heterocycles. The van der Waals surface area contributed by atoms with E-state index in [1.165, 1.54) is 11.8 Å². The zero-order chi connectivity index (χ0) is 16.3. The quantitative estimate of drug-likeness (QED) is 0.809. The summed E-state index contributed by atoms with van der Waals surface area (Å²) < 4.78 is 11.4. The van der Waals surface area contributed by atoms with Gasteiger partial charge in [-0.2, -0.15) is 5.10 Å². The van der Waals surface area contributed by atoms with Gasteiger partial charge in [-0.3, -0.25) is 4.68 Å². The molecule has 0 aliphatic carbocycles. The van der Waals surface area contributed by atoms with Crippen LogP contribution in [0, 0.1) is 6.92 Å². The Morgan fingerprint density at radius 1 is 1.27 bits per heavy atom. The summed E-state index contributed by atoms with van der Waals surface area (Å²) in [5.41, 5.74) is 1.07. The number of aromatic nitrogens is 2. The van der Waals surface area contributed by atoms with Crippen LogP contribution in [0.3, 0.4) is 0 Å². The molecule has 2 rings (SSSR count). The summed E-state index contributed by atoms with van der Waals surface area (Å²) in [5, 5.41) is 4.20. The number of hydrogen-bond donors (Lipinski definition) is 0. The summed E-state index contributed by atoms with van der Waals surface area (Å²) in [6.45, 7) is 1.64. The number of rotatable bonds is 4. The number of aryl methyl sites for hydroxylation is 2. The minimum Gasteiger partial charge on any atom is -0.466 e. The van der Waals surface area contributed by atoms with E-state index in [1.807, 2.05) is 0 Å². The van der Waals surface area contributed by atoms with Crippen molar-refractivity contribution in [3.63, 3.8) is 0 Å². The molecule has 0 aliphatic rings. The summed E-state index contributed by atoms with van der Waals surface area (Å²) in [6.07, 6.45) is -1.16. The third kappa shape index (κ3) is 3.12. The van der Waals surface area contributed by atoms with Crippen LogP contribution >= 0.6 is 11.6 Å². The van der Waals surface area contributed by atoms with Crippen LogP contribution in [0.15, 0.2) is 30.3 Å². The van der Waals surface area contributed by atoms with Crippen molar-refractivity contribution in [3.8, 4) is 0 Å². The van der Waals surface area contributed by atoms with Gasteiger partial charge in [-0.1, -0.05) is 41.9 Å². The molecule has 0 spiro atoms. The van der Waals surface area contributed by atoms with Crippen LogP contribution in [0.5, 0.6) is 0 Å². The Hall–Kier alpha value is -2.34. The molecule has 0 radical (unpaired) electrons. The normalized spacial score (nSPS) is 11.8. The van der Waals surface area contributed by atoms with Gasteiger partial charge in [0.2, 0.25) is 6.10 Å². The van der Waals surface area contributed by atoms with Crippen molar-refractivity contribution in [2.75, 3.05) is 7.11 Å². The highest BCUT2D eigenvalue weighted by atomic mass is 35.5. The van der Waals surface area contributed by atoms with Crippen molar-refractivity contribution in [2.24, 2.45) is 7.05 Å². The third-order valence-corrected chi connectivity index (χ3v) is 3.53. The first kappa shape index (κ1) is 16.0. The predicted molar refractivity (Wildman–Crippen MR) is 79.6 cm³/mol. The molecule has 1 aromatic heterocycles. The van der Waals surface area contributed by atoms with Gasteiger partial charge in [0, 0.05) is 12.6 Å². The lowest BCUT2D eigenvalue weighted by atomic mass is 10.1. The highest BCUT2D eigenvalue weighted by Crippen LogP contribution is 2.25. The van der Waals surface area contributed by atoms with Gasteiger partial charge in [0.15, 0.2) is 0 Å². The fourth-order valence-electron chi connectivity index (χ4n) is 2.01. The van der Waals surface area contributed by atoms with Crippen molar-refractivity contribution in [1.82, 2.24) is 9.78 Å². The predicted octanol–water partition coefficient (Wildman–Crippen LogP) is 2.45. The van der Waals surface area contributed by atoms with Gasteiger partial charge < -0.3 is 9.47 Å². The first-order valence-electron chi connectivity index (χ1n) is 6.48. The average molecular weight is 323 g/mol. The number of nitrogens with zero attached hydrogens (tertiary/aromatic N) is 2. The summed E-state index contributed by atoms with van der Waals surface area (Å²) in [6, 6.07) is 8.61. The molecular formula is C15H15ClN2O4. The largest absolute Gasteiger partial charge is 0.466 e.